The quantitative estimate of drug-likeness (QED) is 0.126. The number of amides is 5. The van der Waals surface area contributed by atoms with E-state index in [9.17, 15) is 33.2 Å². The van der Waals surface area contributed by atoms with E-state index < -0.39 is 53.8 Å². The van der Waals surface area contributed by atoms with E-state index in [0.717, 1.165) is 11.1 Å². The van der Waals surface area contributed by atoms with E-state index in [0.29, 0.717) is 17.9 Å². The molecule has 256 valence electrons. The van der Waals surface area contributed by atoms with Crippen LogP contribution in [-0.4, -0.2) is 75.4 Å². The maximum absolute atomic E-state index is 14.1. The molecule has 2 aromatic rings. The number of anilines is 2. The first kappa shape index (κ1) is 34.5. The fourth-order valence-corrected chi connectivity index (χ4v) is 6.80. The molecule has 1 unspecified atom stereocenters. The molecule has 12 nitrogen and oxygen atoms in total. The summed E-state index contributed by atoms with van der Waals surface area (Å²) in [5.41, 5.74) is 0.320. The maximum Gasteiger partial charge on any atom is 0.318 e. The molecule has 1 aliphatic heterocycles. The lowest BCUT2D eigenvalue weighted by Gasteiger charge is -2.36. The van der Waals surface area contributed by atoms with Gasteiger partial charge >= 0.3 is 6.03 Å². The first-order valence-electron chi connectivity index (χ1n) is 16.1. The molecule has 48 heavy (non-hydrogen) atoms. The summed E-state index contributed by atoms with van der Waals surface area (Å²) in [6.45, 7) is 5.58. The third kappa shape index (κ3) is 7.16. The Hall–Kier alpha value is -4.88. The summed E-state index contributed by atoms with van der Waals surface area (Å²) in [6, 6.07) is 12.4. The Morgan fingerprint density at radius 2 is 1.69 bits per heavy atom. The summed E-state index contributed by atoms with van der Waals surface area (Å²) in [4.78, 5) is 55.5. The summed E-state index contributed by atoms with van der Waals surface area (Å²) in [6.07, 6.45) is -0.534. The summed E-state index contributed by atoms with van der Waals surface area (Å²) < 4.78 is 28.0. The zero-order chi connectivity index (χ0) is 34.8. The van der Waals surface area contributed by atoms with Crippen molar-refractivity contribution in [1.29, 1.82) is 5.41 Å². The Morgan fingerprint density at radius 3 is 2.29 bits per heavy atom. The molecule has 0 radical (unpaired) electrons. The van der Waals surface area contributed by atoms with Crippen LogP contribution in [0.25, 0.3) is 0 Å². The summed E-state index contributed by atoms with van der Waals surface area (Å²) in [7, 11) is 0. The molecule has 3 aliphatic rings. The van der Waals surface area contributed by atoms with E-state index in [1.165, 1.54) is 6.92 Å². The molecule has 1 heterocycles. The Labute approximate surface area is 277 Å². The van der Waals surface area contributed by atoms with Crippen molar-refractivity contribution in [2.75, 3.05) is 17.2 Å². The molecular formula is C34H41F2N7O5. The Kier molecular flexibility index (Phi) is 9.83. The van der Waals surface area contributed by atoms with Crippen LogP contribution in [0.5, 0.6) is 0 Å². The molecule has 2 aliphatic carbocycles. The van der Waals surface area contributed by atoms with Gasteiger partial charge in [0.2, 0.25) is 11.8 Å². The zero-order valence-electron chi connectivity index (χ0n) is 27.1. The lowest BCUT2D eigenvalue weighted by Crippen LogP contribution is -2.59. The molecule has 0 bridgehead atoms. The van der Waals surface area contributed by atoms with Gasteiger partial charge in [-0.3, -0.25) is 14.4 Å². The van der Waals surface area contributed by atoms with Gasteiger partial charge in [0.1, 0.15) is 11.6 Å². The molecule has 5 rings (SSSR count). The molecule has 1 saturated heterocycles. The van der Waals surface area contributed by atoms with Crippen molar-refractivity contribution < 1.29 is 33.2 Å². The van der Waals surface area contributed by atoms with Gasteiger partial charge in [-0.25, -0.2) is 13.6 Å². The van der Waals surface area contributed by atoms with Gasteiger partial charge in [-0.05, 0) is 67.0 Å². The summed E-state index contributed by atoms with van der Waals surface area (Å²) >= 11 is 0. The standard InChI is InChI=1S/C34H41F2N7O5/c1-19(2)26-18-43(32(47)40-26)33(31(46)39-24-7-5-4-6-8-24)16-22-9-10-25(15-23(22)17-33)38-30(45)28(21-11-13-34(35,36)14-12-21)41-29(44)27(42-48)20(3)37/h4-10,15,19,21,26,28,37,48H,11-14,16-18H2,1-3H3,(H,38,45)(H,39,46)(H,40,47)(H,41,44)/t26-,28-,33?/m0/s1. The van der Waals surface area contributed by atoms with E-state index in [4.69, 9.17) is 5.41 Å². The van der Waals surface area contributed by atoms with Crippen LogP contribution in [0, 0.1) is 17.2 Å². The third-order valence-electron chi connectivity index (χ3n) is 9.62. The van der Waals surface area contributed by atoms with E-state index in [1.807, 2.05) is 19.9 Å². The van der Waals surface area contributed by atoms with E-state index in [1.54, 1.807) is 47.4 Å². The van der Waals surface area contributed by atoms with Crippen LogP contribution >= 0.6 is 0 Å². The number of hydrogen-bond donors (Lipinski definition) is 6. The van der Waals surface area contributed by atoms with Crippen molar-refractivity contribution in [1.82, 2.24) is 15.5 Å². The monoisotopic (exact) mass is 665 g/mol. The number of carbonyl (C=O) groups is 4. The lowest BCUT2D eigenvalue weighted by molar-refractivity contribution is -0.126. The molecule has 14 heteroatoms. The number of urea groups is 1. The van der Waals surface area contributed by atoms with Crippen LogP contribution in [0.1, 0.15) is 57.6 Å². The Morgan fingerprint density at radius 1 is 1.02 bits per heavy atom. The van der Waals surface area contributed by atoms with Crippen LogP contribution < -0.4 is 21.3 Å². The number of hydrogen-bond acceptors (Lipinski definition) is 7. The predicted molar refractivity (Wildman–Crippen MR) is 176 cm³/mol. The van der Waals surface area contributed by atoms with E-state index in [-0.39, 0.29) is 55.3 Å². The molecule has 3 atom stereocenters. The minimum atomic E-state index is -2.87. The SMILES string of the molecule is CC(=N)C(=NO)C(=O)N[C@H](C(=O)Nc1ccc2c(c1)CC(C(=O)Nc1ccccc1)(N1C[C@@H](C(C)C)NC1=O)C2)C1CCC(F)(F)CC1. The fourth-order valence-electron chi connectivity index (χ4n) is 6.80. The minimum Gasteiger partial charge on any atom is -0.410 e. The maximum atomic E-state index is 14.1. The molecule has 2 aromatic carbocycles. The van der Waals surface area contributed by atoms with Crippen LogP contribution in [0.2, 0.25) is 0 Å². The molecule has 5 amide bonds. The number of oxime groups is 1. The zero-order valence-corrected chi connectivity index (χ0v) is 27.1. The van der Waals surface area contributed by atoms with Gasteiger partial charge in [0.25, 0.3) is 11.8 Å². The number of benzene rings is 2. The number of nitrogens with zero attached hydrogens (tertiary/aromatic N) is 2. The van der Waals surface area contributed by atoms with Gasteiger partial charge in [-0.15, -0.1) is 0 Å². The number of para-hydroxylation sites is 1. The molecule has 6 N–H and O–H groups in total. The van der Waals surface area contributed by atoms with E-state index in [2.05, 4.69) is 26.4 Å². The Balaban J connectivity index is 1.40. The van der Waals surface area contributed by atoms with Crippen LogP contribution in [-0.2, 0) is 27.2 Å². The highest BCUT2D eigenvalue weighted by Crippen LogP contribution is 2.40. The van der Waals surface area contributed by atoms with Gasteiger partial charge in [0.15, 0.2) is 5.71 Å². The van der Waals surface area contributed by atoms with Crippen LogP contribution in [0.15, 0.2) is 53.7 Å². The van der Waals surface area contributed by atoms with Crippen molar-refractivity contribution in [3.05, 3.63) is 59.7 Å². The highest BCUT2D eigenvalue weighted by Gasteiger charge is 2.53. The van der Waals surface area contributed by atoms with Crippen molar-refractivity contribution in [2.24, 2.45) is 17.0 Å². The van der Waals surface area contributed by atoms with Crippen LogP contribution in [0.4, 0.5) is 25.0 Å². The topological polar surface area (TPSA) is 176 Å². The summed E-state index contributed by atoms with van der Waals surface area (Å²) in [5.74, 6) is -5.34. The van der Waals surface area contributed by atoms with Gasteiger partial charge in [0, 0.05) is 43.6 Å². The molecule has 0 aromatic heterocycles. The van der Waals surface area contributed by atoms with Crippen molar-refractivity contribution in [3.8, 4) is 0 Å². The second-order valence-corrected chi connectivity index (χ2v) is 13.3. The molecule has 2 fully saturated rings. The third-order valence-corrected chi connectivity index (χ3v) is 9.62. The normalized spacial score (nSPS) is 22.9. The van der Waals surface area contributed by atoms with Gasteiger partial charge in [0.05, 0.1) is 11.8 Å². The first-order chi connectivity index (χ1) is 22.7. The lowest BCUT2D eigenvalue weighted by atomic mass is 9.81. The first-order valence-corrected chi connectivity index (χ1v) is 16.1. The highest BCUT2D eigenvalue weighted by atomic mass is 19.3. The van der Waals surface area contributed by atoms with Crippen molar-refractivity contribution in [3.63, 3.8) is 0 Å². The average Bonchev–Trinajstić information content (AvgIpc) is 3.62. The largest absolute Gasteiger partial charge is 0.410 e. The fraction of sp³-hybridized carbons (Fsp3) is 0.471. The Bertz CT molecular complexity index is 1620. The van der Waals surface area contributed by atoms with Gasteiger partial charge < -0.3 is 36.8 Å². The number of rotatable bonds is 10. The van der Waals surface area contributed by atoms with Gasteiger partial charge in [-0.2, -0.15) is 0 Å². The van der Waals surface area contributed by atoms with Crippen molar-refractivity contribution in [2.45, 2.75) is 82.8 Å². The second-order valence-electron chi connectivity index (χ2n) is 13.3. The summed E-state index contributed by atoms with van der Waals surface area (Å²) in [5, 5.41) is 31.1. The molecule has 0 spiro atoms. The number of nitrogens with one attached hydrogen (secondary N) is 5. The predicted octanol–water partition coefficient (Wildman–Crippen LogP) is 4.33. The smallest absolute Gasteiger partial charge is 0.318 e. The van der Waals surface area contributed by atoms with Gasteiger partial charge in [-0.1, -0.05) is 43.3 Å². The minimum absolute atomic E-state index is 0.0287. The van der Waals surface area contributed by atoms with Crippen LogP contribution in [0.3, 0.4) is 0 Å². The molecular weight excluding hydrogens is 624 g/mol. The number of alkyl halides is 2. The number of halogens is 2. The average molecular weight is 666 g/mol. The number of carbonyl (C=O) groups excluding carboxylic acids is 4. The second kappa shape index (κ2) is 13.7. The van der Waals surface area contributed by atoms with Crippen molar-refractivity contribution >= 4 is 46.6 Å². The highest BCUT2D eigenvalue weighted by molar-refractivity contribution is 6.65. The van der Waals surface area contributed by atoms with E-state index >= 15 is 0 Å². The molecule has 1 saturated carbocycles. The number of fused-ring (bicyclic) bond motifs is 1.